The summed E-state index contributed by atoms with van der Waals surface area (Å²) in [4.78, 5) is 13.3. The Labute approximate surface area is 98.4 Å². The van der Waals surface area contributed by atoms with Gasteiger partial charge in [0.25, 0.3) is 0 Å². The van der Waals surface area contributed by atoms with Crippen LogP contribution in [-0.4, -0.2) is 18.9 Å². The van der Waals surface area contributed by atoms with Crippen molar-refractivity contribution in [3.05, 3.63) is 28.2 Å². The molecule has 0 radical (unpaired) electrons. The summed E-state index contributed by atoms with van der Waals surface area (Å²) in [5.74, 6) is 0. The molecular formula is C12H14BrNO. The van der Waals surface area contributed by atoms with E-state index in [2.05, 4.69) is 27.8 Å². The first-order chi connectivity index (χ1) is 7.26. The van der Waals surface area contributed by atoms with Gasteiger partial charge in [-0.15, -0.1) is 0 Å². The zero-order chi connectivity index (χ0) is 10.8. The van der Waals surface area contributed by atoms with Crippen molar-refractivity contribution in [1.82, 2.24) is 0 Å². The van der Waals surface area contributed by atoms with Crippen LogP contribution in [0.25, 0.3) is 0 Å². The third-order valence-electron chi connectivity index (χ3n) is 2.76. The van der Waals surface area contributed by atoms with Gasteiger partial charge >= 0.3 is 0 Å². The predicted octanol–water partition coefficient (Wildman–Crippen LogP) is 3.25. The Morgan fingerprint density at radius 1 is 1.53 bits per heavy atom. The zero-order valence-corrected chi connectivity index (χ0v) is 10.3. The summed E-state index contributed by atoms with van der Waals surface area (Å²) in [6.07, 6.45) is 3.43. The highest BCUT2D eigenvalue weighted by Crippen LogP contribution is 2.34. The molecule has 2 nitrogen and oxygen atoms in total. The summed E-state index contributed by atoms with van der Waals surface area (Å²) in [5.41, 5.74) is 1.84. The molecule has 0 unspecified atom stereocenters. The smallest absolute Gasteiger partial charge is 0.152 e. The number of nitrogens with zero attached hydrogens (tertiary/aromatic N) is 1. The Kier molecular flexibility index (Phi) is 3.10. The van der Waals surface area contributed by atoms with Gasteiger partial charge in [-0.3, -0.25) is 4.79 Å². The third-order valence-corrected chi connectivity index (χ3v) is 3.25. The van der Waals surface area contributed by atoms with Gasteiger partial charge in [-0.2, -0.15) is 0 Å². The fourth-order valence-corrected chi connectivity index (χ4v) is 2.23. The van der Waals surface area contributed by atoms with E-state index < -0.39 is 0 Å². The molecule has 0 atom stereocenters. The zero-order valence-electron chi connectivity index (χ0n) is 8.74. The number of halogens is 1. The molecule has 1 fully saturated rings. The first kappa shape index (κ1) is 10.7. The number of aldehydes is 1. The summed E-state index contributed by atoms with van der Waals surface area (Å²) in [6.45, 7) is 3.09. The summed E-state index contributed by atoms with van der Waals surface area (Å²) in [7, 11) is 0. The Balaban J connectivity index is 2.38. The van der Waals surface area contributed by atoms with Crippen LogP contribution < -0.4 is 4.90 Å². The minimum absolute atomic E-state index is 0.642. The maximum atomic E-state index is 11.0. The van der Waals surface area contributed by atoms with Gasteiger partial charge in [0, 0.05) is 28.3 Å². The molecule has 1 aromatic carbocycles. The van der Waals surface area contributed by atoms with E-state index in [9.17, 15) is 4.79 Å². The highest BCUT2D eigenvalue weighted by Gasteiger charge is 2.29. The van der Waals surface area contributed by atoms with Crippen LogP contribution >= 0.6 is 15.9 Å². The molecule has 3 heteroatoms. The van der Waals surface area contributed by atoms with Crippen LogP contribution in [0.3, 0.4) is 0 Å². The van der Waals surface area contributed by atoms with Crippen molar-refractivity contribution >= 4 is 27.9 Å². The average molecular weight is 268 g/mol. The van der Waals surface area contributed by atoms with Gasteiger partial charge in [0.1, 0.15) is 0 Å². The molecule has 80 valence electrons. The lowest BCUT2D eigenvalue weighted by Gasteiger charge is -2.24. The predicted molar refractivity (Wildman–Crippen MR) is 65.6 cm³/mol. The number of rotatable bonds is 4. The van der Waals surface area contributed by atoms with Crippen molar-refractivity contribution in [3.8, 4) is 0 Å². The maximum Gasteiger partial charge on any atom is 0.152 e. The second-order valence-corrected chi connectivity index (χ2v) is 4.75. The topological polar surface area (TPSA) is 20.3 Å². The van der Waals surface area contributed by atoms with E-state index in [1.807, 2.05) is 18.2 Å². The van der Waals surface area contributed by atoms with Crippen molar-refractivity contribution in [2.24, 2.45) is 0 Å². The van der Waals surface area contributed by atoms with E-state index >= 15 is 0 Å². The molecule has 1 aromatic rings. The van der Waals surface area contributed by atoms with Crippen molar-refractivity contribution < 1.29 is 4.79 Å². The lowest BCUT2D eigenvalue weighted by atomic mass is 10.1. The minimum Gasteiger partial charge on any atom is -0.368 e. The molecule has 0 spiro atoms. The second-order valence-electron chi connectivity index (χ2n) is 3.84. The molecule has 1 saturated carbocycles. The molecule has 0 N–H and O–H groups in total. The first-order valence-electron chi connectivity index (χ1n) is 5.27. The number of hydrogen-bond acceptors (Lipinski definition) is 2. The number of anilines is 1. The highest BCUT2D eigenvalue weighted by atomic mass is 79.9. The number of carbonyl (C=O) groups is 1. The molecule has 0 saturated heterocycles. The van der Waals surface area contributed by atoms with Crippen LogP contribution in [0.4, 0.5) is 5.69 Å². The molecule has 15 heavy (non-hydrogen) atoms. The van der Waals surface area contributed by atoms with E-state index in [0.29, 0.717) is 6.04 Å². The molecule has 1 aliphatic rings. The van der Waals surface area contributed by atoms with E-state index in [0.717, 1.165) is 28.6 Å². The van der Waals surface area contributed by atoms with Crippen LogP contribution in [0.15, 0.2) is 22.7 Å². The van der Waals surface area contributed by atoms with Gasteiger partial charge in [0.2, 0.25) is 0 Å². The first-order valence-corrected chi connectivity index (χ1v) is 6.07. The summed E-state index contributed by atoms with van der Waals surface area (Å²) in [5, 5.41) is 0. The van der Waals surface area contributed by atoms with E-state index in [1.54, 1.807) is 0 Å². The van der Waals surface area contributed by atoms with Gasteiger partial charge in [-0.25, -0.2) is 0 Å². The van der Waals surface area contributed by atoms with E-state index in [-0.39, 0.29) is 0 Å². The van der Waals surface area contributed by atoms with Crippen LogP contribution in [0.1, 0.15) is 30.1 Å². The molecule has 0 aromatic heterocycles. The van der Waals surface area contributed by atoms with Crippen molar-refractivity contribution in [2.45, 2.75) is 25.8 Å². The molecule has 1 aliphatic carbocycles. The Morgan fingerprint density at radius 3 is 2.80 bits per heavy atom. The normalized spacial score (nSPS) is 15.1. The van der Waals surface area contributed by atoms with Crippen LogP contribution in [-0.2, 0) is 0 Å². The van der Waals surface area contributed by atoms with Gasteiger partial charge < -0.3 is 4.90 Å². The standard InChI is InChI=1S/C12H14BrNO/c1-2-14(11-5-6-11)12-7-10(13)4-3-9(12)8-15/h3-4,7-8,11H,2,5-6H2,1H3. The summed E-state index contributed by atoms with van der Waals surface area (Å²) >= 11 is 3.45. The minimum atomic E-state index is 0.642. The lowest BCUT2D eigenvalue weighted by Crippen LogP contribution is -2.26. The maximum absolute atomic E-state index is 11.0. The number of hydrogen-bond donors (Lipinski definition) is 0. The van der Waals surface area contributed by atoms with E-state index in [1.165, 1.54) is 12.8 Å². The third kappa shape index (κ3) is 2.23. The monoisotopic (exact) mass is 267 g/mol. The van der Waals surface area contributed by atoms with Gasteiger partial charge in [-0.1, -0.05) is 15.9 Å². The molecular weight excluding hydrogens is 254 g/mol. The van der Waals surface area contributed by atoms with Gasteiger partial charge in [0.05, 0.1) is 0 Å². The number of carbonyl (C=O) groups excluding carboxylic acids is 1. The van der Waals surface area contributed by atoms with Crippen molar-refractivity contribution in [3.63, 3.8) is 0 Å². The molecule has 0 amide bonds. The quantitative estimate of drug-likeness (QED) is 0.781. The molecule has 0 heterocycles. The van der Waals surface area contributed by atoms with Crippen LogP contribution in [0.2, 0.25) is 0 Å². The number of benzene rings is 1. The fourth-order valence-electron chi connectivity index (χ4n) is 1.88. The van der Waals surface area contributed by atoms with Crippen LogP contribution in [0, 0.1) is 0 Å². The largest absolute Gasteiger partial charge is 0.368 e. The Morgan fingerprint density at radius 2 is 2.27 bits per heavy atom. The fraction of sp³-hybridized carbons (Fsp3) is 0.417. The molecule has 0 bridgehead atoms. The van der Waals surface area contributed by atoms with Crippen molar-refractivity contribution in [2.75, 3.05) is 11.4 Å². The molecule has 2 rings (SSSR count). The van der Waals surface area contributed by atoms with Crippen LogP contribution in [0.5, 0.6) is 0 Å². The molecule has 0 aliphatic heterocycles. The SMILES string of the molecule is CCN(c1cc(Br)ccc1C=O)C1CC1. The Hall–Kier alpha value is -0.830. The summed E-state index contributed by atoms with van der Waals surface area (Å²) in [6, 6.07) is 6.46. The second kappa shape index (κ2) is 4.35. The highest BCUT2D eigenvalue weighted by molar-refractivity contribution is 9.10. The van der Waals surface area contributed by atoms with Crippen molar-refractivity contribution in [1.29, 1.82) is 0 Å². The lowest BCUT2D eigenvalue weighted by molar-refractivity contribution is 0.112. The van der Waals surface area contributed by atoms with Gasteiger partial charge in [-0.05, 0) is 38.0 Å². The van der Waals surface area contributed by atoms with Gasteiger partial charge in [0.15, 0.2) is 6.29 Å². The average Bonchev–Trinajstić information content (AvgIpc) is 3.04. The Bertz CT molecular complexity index is 374. The summed E-state index contributed by atoms with van der Waals surface area (Å²) < 4.78 is 1.03. The van der Waals surface area contributed by atoms with E-state index in [4.69, 9.17) is 0 Å².